The van der Waals surface area contributed by atoms with Crippen LogP contribution in [0.25, 0.3) is 0 Å². The second kappa shape index (κ2) is 5.63. The Bertz CT molecular complexity index is 521. The van der Waals surface area contributed by atoms with Crippen LogP contribution in [-0.2, 0) is 17.2 Å². The standard InChI is InChI=1S/C12H13ClF3NOS/c1-11(2,3)19(18)17-7-8-4-5-9(10(13)6-8)12(14,15)16/h4-7H,1-3H3. The molecule has 1 atom stereocenters. The Balaban J connectivity index is 2.98. The molecule has 1 rings (SSSR count). The van der Waals surface area contributed by atoms with Crippen molar-refractivity contribution >= 4 is 28.8 Å². The lowest BCUT2D eigenvalue weighted by Crippen LogP contribution is -2.19. The Morgan fingerprint density at radius 2 is 1.84 bits per heavy atom. The van der Waals surface area contributed by atoms with Gasteiger partial charge in [0.2, 0.25) is 0 Å². The van der Waals surface area contributed by atoms with Crippen LogP contribution in [0.3, 0.4) is 0 Å². The normalized spacial score (nSPS) is 14.9. The van der Waals surface area contributed by atoms with Crippen molar-refractivity contribution < 1.29 is 17.4 Å². The molecule has 0 aliphatic rings. The molecule has 19 heavy (non-hydrogen) atoms. The molecule has 0 saturated carbocycles. The predicted molar refractivity (Wildman–Crippen MR) is 71.9 cm³/mol. The maximum atomic E-state index is 12.5. The first-order valence-electron chi connectivity index (χ1n) is 5.34. The van der Waals surface area contributed by atoms with Crippen LogP contribution in [0.1, 0.15) is 31.9 Å². The number of hydrogen-bond donors (Lipinski definition) is 0. The number of nitrogens with zero attached hydrogens (tertiary/aromatic N) is 1. The summed E-state index contributed by atoms with van der Waals surface area (Å²) in [5, 5.41) is -0.405. The number of hydrogen-bond acceptors (Lipinski definition) is 1. The van der Waals surface area contributed by atoms with Crippen molar-refractivity contribution in [2.45, 2.75) is 31.7 Å². The predicted octanol–water partition coefficient (Wildman–Crippen LogP) is 4.24. The highest BCUT2D eigenvalue weighted by atomic mass is 35.5. The van der Waals surface area contributed by atoms with Gasteiger partial charge in [-0.3, -0.25) is 0 Å². The molecule has 0 N–H and O–H groups in total. The van der Waals surface area contributed by atoms with E-state index in [-0.39, 0.29) is 0 Å². The Hall–Kier alpha value is -0.880. The average molecular weight is 312 g/mol. The van der Waals surface area contributed by atoms with Crippen molar-refractivity contribution in [2.24, 2.45) is 4.40 Å². The molecule has 0 aliphatic heterocycles. The third-order valence-electron chi connectivity index (χ3n) is 2.12. The van der Waals surface area contributed by atoms with E-state index in [4.69, 9.17) is 11.6 Å². The molecule has 1 unspecified atom stereocenters. The third kappa shape index (κ3) is 4.62. The van der Waals surface area contributed by atoms with Crippen LogP contribution < -0.4 is 0 Å². The second-order valence-corrected chi connectivity index (χ2v) is 7.17. The average Bonchev–Trinajstić information content (AvgIpc) is 2.22. The highest BCUT2D eigenvalue weighted by molar-refractivity contribution is 7.85. The van der Waals surface area contributed by atoms with Gasteiger partial charge in [-0.25, -0.2) is 4.21 Å². The van der Waals surface area contributed by atoms with Gasteiger partial charge in [0.15, 0.2) is 0 Å². The van der Waals surface area contributed by atoms with E-state index in [0.717, 1.165) is 12.1 Å². The zero-order chi connectivity index (χ0) is 14.8. The highest BCUT2D eigenvalue weighted by Gasteiger charge is 2.32. The molecule has 0 aliphatic carbocycles. The van der Waals surface area contributed by atoms with Gasteiger partial charge in [0.1, 0.15) is 11.0 Å². The molecule has 0 spiro atoms. The maximum absolute atomic E-state index is 12.5. The topological polar surface area (TPSA) is 29.4 Å². The van der Waals surface area contributed by atoms with E-state index >= 15 is 0 Å². The van der Waals surface area contributed by atoms with Crippen LogP contribution in [0.4, 0.5) is 13.2 Å². The zero-order valence-electron chi connectivity index (χ0n) is 10.6. The molecule has 2 nitrogen and oxygen atoms in total. The van der Waals surface area contributed by atoms with E-state index in [2.05, 4.69) is 4.40 Å². The van der Waals surface area contributed by atoms with Crippen LogP contribution in [-0.4, -0.2) is 15.2 Å². The molecule has 1 aromatic rings. The Morgan fingerprint density at radius 1 is 1.26 bits per heavy atom. The van der Waals surface area contributed by atoms with Gasteiger partial charge < -0.3 is 0 Å². The molecule has 1 aromatic carbocycles. The Kier molecular flexibility index (Phi) is 4.79. The van der Waals surface area contributed by atoms with Gasteiger partial charge in [-0.05, 0) is 38.5 Å². The molecule has 0 fully saturated rings. The van der Waals surface area contributed by atoms with Crippen molar-refractivity contribution in [3.63, 3.8) is 0 Å². The van der Waals surface area contributed by atoms with Crippen LogP contribution in [0, 0.1) is 0 Å². The first-order chi connectivity index (χ1) is 8.51. The van der Waals surface area contributed by atoms with E-state index in [0.29, 0.717) is 5.56 Å². The van der Waals surface area contributed by atoms with Crippen molar-refractivity contribution in [3.05, 3.63) is 34.3 Å². The molecular weight excluding hydrogens is 299 g/mol. The lowest BCUT2D eigenvalue weighted by atomic mass is 10.1. The first-order valence-corrected chi connectivity index (χ1v) is 6.83. The Morgan fingerprint density at radius 3 is 2.26 bits per heavy atom. The minimum Gasteiger partial charge on any atom is -0.234 e. The fourth-order valence-corrected chi connectivity index (χ4v) is 1.94. The summed E-state index contributed by atoms with van der Waals surface area (Å²) in [4.78, 5) is 0. The minimum atomic E-state index is -4.49. The van der Waals surface area contributed by atoms with Crippen molar-refractivity contribution in [1.82, 2.24) is 0 Å². The van der Waals surface area contributed by atoms with Crippen LogP contribution in [0.5, 0.6) is 0 Å². The fraction of sp³-hybridized carbons (Fsp3) is 0.417. The number of alkyl halides is 3. The summed E-state index contributed by atoms with van der Waals surface area (Å²) in [5.74, 6) is 0. The van der Waals surface area contributed by atoms with Gasteiger partial charge in [-0.2, -0.15) is 17.6 Å². The number of benzene rings is 1. The monoisotopic (exact) mass is 311 g/mol. The van der Waals surface area contributed by atoms with Gasteiger partial charge in [-0.1, -0.05) is 17.7 Å². The van der Waals surface area contributed by atoms with Crippen LogP contribution in [0.15, 0.2) is 22.6 Å². The van der Waals surface area contributed by atoms with E-state index in [1.807, 2.05) is 0 Å². The van der Waals surface area contributed by atoms with E-state index in [1.165, 1.54) is 12.3 Å². The van der Waals surface area contributed by atoms with Crippen molar-refractivity contribution in [3.8, 4) is 0 Å². The maximum Gasteiger partial charge on any atom is 0.417 e. The fourth-order valence-electron chi connectivity index (χ4n) is 1.11. The summed E-state index contributed by atoms with van der Waals surface area (Å²) in [6.07, 6.45) is -3.23. The van der Waals surface area contributed by atoms with Gasteiger partial charge in [-0.15, -0.1) is 0 Å². The second-order valence-electron chi connectivity index (χ2n) is 4.83. The van der Waals surface area contributed by atoms with E-state index in [9.17, 15) is 17.4 Å². The third-order valence-corrected chi connectivity index (χ3v) is 3.78. The molecule has 0 amide bonds. The van der Waals surface area contributed by atoms with Gasteiger partial charge in [0, 0.05) is 6.21 Å². The smallest absolute Gasteiger partial charge is 0.234 e. The molecular formula is C12H13ClF3NOS. The van der Waals surface area contributed by atoms with Crippen LogP contribution in [0.2, 0.25) is 5.02 Å². The largest absolute Gasteiger partial charge is 0.417 e. The molecule has 0 heterocycles. The molecule has 106 valence electrons. The highest BCUT2D eigenvalue weighted by Crippen LogP contribution is 2.34. The molecule has 0 aromatic heterocycles. The number of rotatable bonds is 2. The van der Waals surface area contributed by atoms with Gasteiger partial charge in [0.05, 0.1) is 15.3 Å². The Labute approximate surface area is 117 Å². The first kappa shape index (κ1) is 16.2. The number of halogens is 4. The molecule has 0 bridgehead atoms. The zero-order valence-corrected chi connectivity index (χ0v) is 12.2. The summed E-state index contributed by atoms with van der Waals surface area (Å²) >= 11 is 5.56. The summed E-state index contributed by atoms with van der Waals surface area (Å²) in [6, 6.07) is 3.26. The minimum absolute atomic E-state index is 0.371. The van der Waals surface area contributed by atoms with Crippen molar-refractivity contribution in [1.29, 1.82) is 0 Å². The SMILES string of the molecule is CC(C)(C)S(=O)N=Cc1ccc(C(F)(F)F)c(Cl)c1. The molecule has 0 saturated heterocycles. The van der Waals surface area contributed by atoms with E-state index in [1.54, 1.807) is 20.8 Å². The summed E-state index contributed by atoms with van der Waals surface area (Å²) < 4.78 is 52.4. The lowest BCUT2D eigenvalue weighted by Gasteiger charge is -2.13. The molecule has 7 heteroatoms. The summed E-state index contributed by atoms with van der Waals surface area (Å²) in [5.41, 5.74) is -0.529. The summed E-state index contributed by atoms with van der Waals surface area (Å²) in [6.45, 7) is 5.25. The summed E-state index contributed by atoms with van der Waals surface area (Å²) in [7, 11) is -1.46. The molecule has 0 radical (unpaired) electrons. The van der Waals surface area contributed by atoms with Crippen molar-refractivity contribution in [2.75, 3.05) is 0 Å². The lowest BCUT2D eigenvalue weighted by molar-refractivity contribution is -0.137. The quantitative estimate of drug-likeness (QED) is 0.751. The van der Waals surface area contributed by atoms with Gasteiger partial charge >= 0.3 is 6.18 Å². The van der Waals surface area contributed by atoms with Crippen LogP contribution >= 0.6 is 11.6 Å². The van der Waals surface area contributed by atoms with Gasteiger partial charge in [0.25, 0.3) is 0 Å². The van der Waals surface area contributed by atoms with E-state index < -0.39 is 32.5 Å².